The minimum absolute atomic E-state index is 0.145. The Hall–Kier alpha value is -1.68. The molecule has 18 heavy (non-hydrogen) atoms. The predicted molar refractivity (Wildman–Crippen MR) is 67.4 cm³/mol. The molecule has 1 aromatic carbocycles. The molecule has 4 heteroatoms. The molecule has 2 atom stereocenters. The molecule has 1 N–H and O–H groups in total. The molecular weight excluding hydrogens is 232 g/mol. The van der Waals surface area contributed by atoms with Crippen molar-refractivity contribution in [1.29, 1.82) is 0 Å². The number of carbonyl (C=O) groups is 2. The summed E-state index contributed by atoms with van der Waals surface area (Å²) in [5, 5.41) is 8.89. The molecule has 0 spiro atoms. The van der Waals surface area contributed by atoms with Gasteiger partial charge in [0.15, 0.2) is 5.78 Å². The third kappa shape index (κ3) is 3.40. The van der Waals surface area contributed by atoms with Gasteiger partial charge in [-0.15, -0.1) is 0 Å². The van der Waals surface area contributed by atoms with Crippen molar-refractivity contribution in [2.75, 3.05) is 7.11 Å². The van der Waals surface area contributed by atoms with Crippen molar-refractivity contribution >= 4 is 11.8 Å². The summed E-state index contributed by atoms with van der Waals surface area (Å²) < 4.78 is 4.98. The number of rotatable bonds is 6. The van der Waals surface area contributed by atoms with Crippen LogP contribution in [0, 0.1) is 11.8 Å². The average molecular weight is 250 g/mol. The molecular formula is C14H18O4. The number of ether oxygens (including phenoxy) is 1. The van der Waals surface area contributed by atoms with Crippen LogP contribution in [0.2, 0.25) is 0 Å². The maximum atomic E-state index is 12.1. The first-order valence-corrected chi connectivity index (χ1v) is 5.82. The van der Waals surface area contributed by atoms with Gasteiger partial charge in [-0.2, -0.15) is 0 Å². The van der Waals surface area contributed by atoms with Crippen LogP contribution in [-0.2, 0) is 16.1 Å². The van der Waals surface area contributed by atoms with E-state index >= 15 is 0 Å². The molecule has 98 valence electrons. The minimum atomic E-state index is -0.952. The smallest absolute Gasteiger partial charge is 0.306 e. The lowest BCUT2D eigenvalue weighted by Gasteiger charge is -2.14. The van der Waals surface area contributed by atoms with Gasteiger partial charge in [0.2, 0.25) is 0 Å². The number of carboxylic acids is 1. The van der Waals surface area contributed by atoms with Gasteiger partial charge in [0.1, 0.15) is 0 Å². The average Bonchev–Trinajstić information content (AvgIpc) is 2.37. The number of aliphatic carboxylic acids is 1. The van der Waals surface area contributed by atoms with Crippen LogP contribution in [0.4, 0.5) is 0 Å². The van der Waals surface area contributed by atoms with E-state index in [9.17, 15) is 9.59 Å². The van der Waals surface area contributed by atoms with Crippen molar-refractivity contribution in [1.82, 2.24) is 0 Å². The van der Waals surface area contributed by atoms with Gasteiger partial charge in [-0.25, -0.2) is 0 Å². The molecule has 0 amide bonds. The monoisotopic (exact) mass is 250 g/mol. The Morgan fingerprint density at radius 3 is 2.17 bits per heavy atom. The lowest BCUT2D eigenvalue weighted by atomic mass is 9.88. The minimum Gasteiger partial charge on any atom is -0.481 e. The third-order valence-electron chi connectivity index (χ3n) is 3.10. The zero-order chi connectivity index (χ0) is 13.7. The van der Waals surface area contributed by atoms with Crippen molar-refractivity contribution in [3.8, 4) is 0 Å². The zero-order valence-corrected chi connectivity index (χ0v) is 10.8. The quantitative estimate of drug-likeness (QED) is 0.787. The molecule has 0 aliphatic heterocycles. The van der Waals surface area contributed by atoms with Crippen LogP contribution in [0.25, 0.3) is 0 Å². The fraction of sp³-hybridized carbons (Fsp3) is 0.429. The van der Waals surface area contributed by atoms with Crippen molar-refractivity contribution in [2.24, 2.45) is 11.8 Å². The summed E-state index contributed by atoms with van der Waals surface area (Å²) in [6.45, 7) is 3.68. The first-order valence-electron chi connectivity index (χ1n) is 5.82. The standard InChI is InChI=1S/C14H18O4/c1-9(10(2)14(16)17)13(15)12-6-4-11(5-7-12)8-18-3/h4-7,9-10H,8H2,1-3H3,(H,16,17). The first kappa shape index (κ1) is 14.4. The summed E-state index contributed by atoms with van der Waals surface area (Å²) in [5.41, 5.74) is 1.52. The van der Waals surface area contributed by atoms with Crippen molar-refractivity contribution in [2.45, 2.75) is 20.5 Å². The molecule has 0 saturated heterocycles. The summed E-state index contributed by atoms with van der Waals surface area (Å²) >= 11 is 0. The van der Waals surface area contributed by atoms with Gasteiger partial charge < -0.3 is 9.84 Å². The highest BCUT2D eigenvalue weighted by molar-refractivity contribution is 5.99. The molecule has 1 rings (SSSR count). The van der Waals surface area contributed by atoms with Crippen molar-refractivity contribution < 1.29 is 19.4 Å². The van der Waals surface area contributed by atoms with E-state index in [1.807, 2.05) is 12.1 Å². The Labute approximate surface area is 107 Å². The molecule has 0 heterocycles. The Kier molecular flexibility index (Phi) is 5.04. The fourth-order valence-corrected chi connectivity index (χ4v) is 1.64. The molecule has 0 fully saturated rings. The largest absolute Gasteiger partial charge is 0.481 e. The van der Waals surface area contributed by atoms with E-state index in [4.69, 9.17) is 9.84 Å². The van der Waals surface area contributed by atoms with Crippen molar-refractivity contribution in [3.05, 3.63) is 35.4 Å². The van der Waals surface area contributed by atoms with E-state index in [1.54, 1.807) is 33.1 Å². The molecule has 2 unspecified atom stereocenters. The van der Waals surface area contributed by atoms with Crippen LogP contribution in [-0.4, -0.2) is 24.0 Å². The SMILES string of the molecule is COCc1ccc(C(=O)C(C)C(C)C(=O)O)cc1. The lowest BCUT2D eigenvalue weighted by molar-refractivity contribution is -0.142. The molecule has 0 aliphatic rings. The maximum Gasteiger partial charge on any atom is 0.306 e. The van der Waals surface area contributed by atoms with Crippen LogP contribution in [0.1, 0.15) is 29.8 Å². The Morgan fingerprint density at radius 1 is 1.17 bits per heavy atom. The second-order valence-corrected chi connectivity index (χ2v) is 4.41. The number of hydrogen-bond donors (Lipinski definition) is 1. The summed E-state index contributed by atoms with van der Waals surface area (Å²) in [6, 6.07) is 7.05. The number of hydrogen-bond acceptors (Lipinski definition) is 3. The highest BCUT2D eigenvalue weighted by Crippen LogP contribution is 2.18. The molecule has 4 nitrogen and oxygen atoms in total. The molecule has 0 bridgehead atoms. The van der Waals surface area contributed by atoms with Crippen LogP contribution in [0.3, 0.4) is 0 Å². The summed E-state index contributed by atoms with van der Waals surface area (Å²) in [6.07, 6.45) is 0. The summed E-state index contributed by atoms with van der Waals surface area (Å²) in [4.78, 5) is 22.9. The third-order valence-corrected chi connectivity index (χ3v) is 3.10. The van der Waals surface area contributed by atoms with Gasteiger partial charge in [0, 0.05) is 18.6 Å². The maximum absolute atomic E-state index is 12.1. The van der Waals surface area contributed by atoms with Gasteiger partial charge in [0.05, 0.1) is 12.5 Å². The van der Waals surface area contributed by atoms with Gasteiger partial charge in [-0.1, -0.05) is 38.1 Å². The van der Waals surface area contributed by atoms with Crippen molar-refractivity contribution in [3.63, 3.8) is 0 Å². The predicted octanol–water partition coefficient (Wildman–Crippen LogP) is 2.37. The number of methoxy groups -OCH3 is 1. The first-order chi connectivity index (χ1) is 8.47. The van der Waals surface area contributed by atoms with E-state index in [0.717, 1.165) is 5.56 Å². The van der Waals surface area contributed by atoms with E-state index in [-0.39, 0.29) is 5.78 Å². The summed E-state index contributed by atoms with van der Waals surface area (Å²) in [5.74, 6) is -2.31. The molecule has 0 aliphatic carbocycles. The van der Waals surface area contributed by atoms with Crippen LogP contribution in [0.15, 0.2) is 24.3 Å². The van der Waals surface area contributed by atoms with Gasteiger partial charge in [-0.3, -0.25) is 9.59 Å². The normalized spacial score (nSPS) is 13.9. The summed E-state index contributed by atoms with van der Waals surface area (Å²) in [7, 11) is 1.61. The highest BCUT2D eigenvalue weighted by Gasteiger charge is 2.26. The van der Waals surface area contributed by atoms with Gasteiger partial charge in [0.25, 0.3) is 0 Å². The second kappa shape index (κ2) is 6.31. The Bertz CT molecular complexity index is 422. The van der Waals surface area contributed by atoms with E-state index in [1.165, 1.54) is 0 Å². The number of carbonyl (C=O) groups excluding carboxylic acids is 1. The van der Waals surface area contributed by atoms with Crippen LogP contribution >= 0.6 is 0 Å². The Balaban J connectivity index is 2.80. The number of carboxylic acid groups (broad SMARTS) is 1. The van der Waals surface area contributed by atoms with E-state index in [2.05, 4.69) is 0 Å². The van der Waals surface area contributed by atoms with E-state index in [0.29, 0.717) is 12.2 Å². The lowest BCUT2D eigenvalue weighted by Crippen LogP contribution is -2.25. The zero-order valence-electron chi connectivity index (χ0n) is 10.8. The molecule has 0 saturated carbocycles. The molecule has 0 radical (unpaired) electrons. The van der Waals surface area contributed by atoms with Gasteiger partial charge >= 0.3 is 5.97 Å². The fourth-order valence-electron chi connectivity index (χ4n) is 1.64. The van der Waals surface area contributed by atoms with Crippen LogP contribution in [0.5, 0.6) is 0 Å². The van der Waals surface area contributed by atoms with Gasteiger partial charge in [-0.05, 0) is 5.56 Å². The van der Waals surface area contributed by atoms with E-state index < -0.39 is 17.8 Å². The number of Topliss-reactive ketones (excluding diaryl/α,β-unsaturated/α-hetero) is 1. The Morgan fingerprint density at radius 2 is 1.72 bits per heavy atom. The van der Waals surface area contributed by atoms with Crippen LogP contribution < -0.4 is 0 Å². The molecule has 1 aromatic rings. The topological polar surface area (TPSA) is 63.6 Å². The second-order valence-electron chi connectivity index (χ2n) is 4.41. The number of ketones is 1. The highest BCUT2D eigenvalue weighted by atomic mass is 16.5. The molecule has 0 aromatic heterocycles. The number of benzene rings is 1.